The van der Waals surface area contributed by atoms with Gasteiger partial charge in [-0.25, -0.2) is 0 Å². The van der Waals surface area contributed by atoms with Crippen LogP contribution in [0.5, 0.6) is 0 Å². The van der Waals surface area contributed by atoms with Crippen molar-refractivity contribution in [3.63, 3.8) is 0 Å². The number of likely N-dealkylation sites (N-methyl/N-ethyl adjacent to an activating group) is 1. The van der Waals surface area contributed by atoms with Crippen molar-refractivity contribution in [2.75, 3.05) is 46.3 Å². The zero-order valence-electron chi connectivity index (χ0n) is 17.2. The zero-order chi connectivity index (χ0) is 19.3. The van der Waals surface area contributed by atoms with Gasteiger partial charge in [-0.3, -0.25) is 14.6 Å². The Balaban J connectivity index is 1.56. The molecule has 5 heteroatoms. The third-order valence-corrected chi connectivity index (χ3v) is 6.61. The van der Waals surface area contributed by atoms with E-state index >= 15 is 0 Å². The molecule has 2 aliphatic rings. The van der Waals surface area contributed by atoms with Gasteiger partial charge in [0, 0.05) is 50.7 Å². The van der Waals surface area contributed by atoms with E-state index in [-0.39, 0.29) is 11.5 Å². The largest absolute Gasteiger partial charge is 0.465 e. The number of furan rings is 1. The van der Waals surface area contributed by atoms with Crippen molar-refractivity contribution in [1.29, 1.82) is 0 Å². The summed E-state index contributed by atoms with van der Waals surface area (Å²) in [6.45, 7) is 10.3. The molecule has 150 valence electrons. The van der Waals surface area contributed by atoms with Crippen molar-refractivity contribution < 1.29 is 9.21 Å². The van der Waals surface area contributed by atoms with Crippen molar-refractivity contribution in [2.45, 2.75) is 45.1 Å². The molecule has 0 N–H and O–H groups in total. The molecule has 1 amide bonds. The van der Waals surface area contributed by atoms with Crippen LogP contribution >= 0.6 is 0 Å². The summed E-state index contributed by atoms with van der Waals surface area (Å²) in [6, 6.07) is 3.90. The van der Waals surface area contributed by atoms with Crippen LogP contribution in [0.2, 0.25) is 0 Å². The number of rotatable bonds is 6. The van der Waals surface area contributed by atoms with Gasteiger partial charge in [0.1, 0.15) is 5.76 Å². The molecule has 0 aliphatic carbocycles. The molecule has 0 atom stereocenters. The van der Waals surface area contributed by atoms with Crippen molar-refractivity contribution in [3.05, 3.63) is 30.2 Å². The molecule has 1 aromatic heterocycles. The van der Waals surface area contributed by atoms with Crippen LogP contribution in [0.4, 0.5) is 0 Å². The fraction of sp³-hybridized carbons (Fsp3) is 0.682. The van der Waals surface area contributed by atoms with Gasteiger partial charge >= 0.3 is 0 Å². The number of nitrogens with zero attached hydrogens (tertiary/aromatic N) is 3. The van der Waals surface area contributed by atoms with E-state index in [0.29, 0.717) is 5.91 Å². The first-order chi connectivity index (χ1) is 13.1. The molecule has 1 aromatic rings. The maximum absolute atomic E-state index is 12.7. The van der Waals surface area contributed by atoms with Crippen LogP contribution in [0.25, 0.3) is 6.08 Å². The summed E-state index contributed by atoms with van der Waals surface area (Å²) in [5, 5.41) is 0. The molecule has 1 spiro atoms. The Kier molecular flexibility index (Phi) is 6.77. The molecule has 2 saturated heterocycles. The topological polar surface area (TPSA) is 39.9 Å². The van der Waals surface area contributed by atoms with Crippen LogP contribution < -0.4 is 0 Å². The van der Waals surface area contributed by atoms with Gasteiger partial charge in [-0.15, -0.1) is 0 Å². The molecule has 0 radical (unpaired) electrons. The number of amides is 1. The van der Waals surface area contributed by atoms with E-state index in [1.54, 1.807) is 6.26 Å². The van der Waals surface area contributed by atoms with E-state index in [1.807, 2.05) is 12.1 Å². The third-order valence-electron chi connectivity index (χ3n) is 6.61. The van der Waals surface area contributed by atoms with Crippen LogP contribution in [0, 0.1) is 5.92 Å². The number of piperidine rings is 1. The van der Waals surface area contributed by atoms with Crippen LogP contribution in [0.3, 0.4) is 0 Å². The first-order valence-corrected chi connectivity index (χ1v) is 10.5. The molecule has 2 aliphatic heterocycles. The van der Waals surface area contributed by atoms with Crippen LogP contribution in [0.15, 0.2) is 28.9 Å². The average molecular weight is 374 g/mol. The minimum Gasteiger partial charge on any atom is -0.465 e. The SMILES string of the molecule is CCC(CC)C(=O)N1CCC2(CC1)CN(C/C=C/c1ccco1)CCN2C. The highest BCUT2D eigenvalue weighted by Gasteiger charge is 2.42. The van der Waals surface area contributed by atoms with Gasteiger partial charge in [0.15, 0.2) is 0 Å². The second-order valence-electron chi connectivity index (χ2n) is 8.14. The van der Waals surface area contributed by atoms with Crippen molar-refractivity contribution in [1.82, 2.24) is 14.7 Å². The minimum absolute atomic E-state index is 0.200. The van der Waals surface area contributed by atoms with Gasteiger partial charge in [-0.2, -0.15) is 0 Å². The molecule has 0 aromatic carbocycles. The van der Waals surface area contributed by atoms with Gasteiger partial charge in [0.25, 0.3) is 0 Å². The van der Waals surface area contributed by atoms with E-state index in [1.165, 1.54) is 0 Å². The second kappa shape index (κ2) is 9.07. The maximum Gasteiger partial charge on any atom is 0.225 e. The van der Waals surface area contributed by atoms with Gasteiger partial charge in [-0.05, 0) is 50.9 Å². The second-order valence-corrected chi connectivity index (χ2v) is 8.14. The Hall–Kier alpha value is -1.59. The van der Waals surface area contributed by atoms with Crippen LogP contribution in [0.1, 0.15) is 45.3 Å². The summed E-state index contributed by atoms with van der Waals surface area (Å²) in [5.74, 6) is 1.48. The summed E-state index contributed by atoms with van der Waals surface area (Å²) in [7, 11) is 2.26. The Morgan fingerprint density at radius 2 is 1.96 bits per heavy atom. The Labute approximate surface area is 164 Å². The number of hydrogen-bond donors (Lipinski definition) is 0. The Morgan fingerprint density at radius 1 is 1.22 bits per heavy atom. The van der Waals surface area contributed by atoms with Crippen molar-refractivity contribution in [3.8, 4) is 0 Å². The lowest BCUT2D eigenvalue weighted by Gasteiger charge is -2.53. The van der Waals surface area contributed by atoms with E-state index in [4.69, 9.17) is 4.42 Å². The number of carbonyl (C=O) groups excluding carboxylic acids is 1. The lowest BCUT2D eigenvalue weighted by molar-refractivity contribution is -0.139. The van der Waals surface area contributed by atoms with E-state index in [2.05, 4.69) is 47.7 Å². The molecule has 3 heterocycles. The predicted octanol–water partition coefficient (Wildman–Crippen LogP) is 3.34. The molecule has 0 unspecified atom stereocenters. The number of likely N-dealkylation sites (tertiary alicyclic amines) is 1. The summed E-state index contributed by atoms with van der Waals surface area (Å²) in [4.78, 5) is 19.9. The maximum atomic E-state index is 12.7. The monoisotopic (exact) mass is 373 g/mol. The average Bonchev–Trinajstić information content (AvgIpc) is 3.20. The quantitative estimate of drug-likeness (QED) is 0.767. The fourth-order valence-corrected chi connectivity index (χ4v) is 4.58. The summed E-state index contributed by atoms with van der Waals surface area (Å²) in [6.07, 6.45) is 10.0. The molecule has 0 saturated carbocycles. The number of carbonyl (C=O) groups is 1. The highest BCUT2D eigenvalue weighted by atomic mass is 16.3. The van der Waals surface area contributed by atoms with Gasteiger partial charge in [0.2, 0.25) is 5.91 Å². The standard InChI is InChI=1S/C22H35N3O2/c1-4-19(5-2)21(26)25-13-10-22(11-14-25)18-24(16-15-23(22)3)12-6-8-20-9-7-17-27-20/h6-9,17,19H,4-5,10-16,18H2,1-3H3/b8-6+. The molecular formula is C22H35N3O2. The number of piperazine rings is 1. The smallest absolute Gasteiger partial charge is 0.225 e. The highest BCUT2D eigenvalue weighted by Crippen LogP contribution is 2.32. The van der Waals surface area contributed by atoms with E-state index in [0.717, 1.165) is 70.7 Å². The van der Waals surface area contributed by atoms with Gasteiger partial charge in [0.05, 0.1) is 6.26 Å². The highest BCUT2D eigenvalue weighted by molar-refractivity contribution is 5.78. The molecule has 0 bridgehead atoms. The van der Waals surface area contributed by atoms with Crippen LogP contribution in [-0.4, -0.2) is 72.5 Å². The van der Waals surface area contributed by atoms with E-state index < -0.39 is 0 Å². The third kappa shape index (κ3) is 4.64. The normalized spacial score (nSPS) is 21.6. The van der Waals surface area contributed by atoms with Crippen LogP contribution in [-0.2, 0) is 4.79 Å². The summed E-state index contributed by atoms with van der Waals surface area (Å²) < 4.78 is 5.37. The fourth-order valence-electron chi connectivity index (χ4n) is 4.58. The summed E-state index contributed by atoms with van der Waals surface area (Å²) in [5.41, 5.74) is 0.210. The van der Waals surface area contributed by atoms with E-state index in [9.17, 15) is 4.79 Å². The Morgan fingerprint density at radius 3 is 2.59 bits per heavy atom. The van der Waals surface area contributed by atoms with Crippen molar-refractivity contribution in [2.24, 2.45) is 5.92 Å². The first-order valence-electron chi connectivity index (χ1n) is 10.5. The molecule has 3 rings (SSSR count). The van der Waals surface area contributed by atoms with Gasteiger partial charge < -0.3 is 9.32 Å². The zero-order valence-corrected chi connectivity index (χ0v) is 17.2. The predicted molar refractivity (Wildman–Crippen MR) is 109 cm³/mol. The number of hydrogen-bond acceptors (Lipinski definition) is 4. The van der Waals surface area contributed by atoms with Crippen molar-refractivity contribution >= 4 is 12.0 Å². The molecular weight excluding hydrogens is 338 g/mol. The molecule has 5 nitrogen and oxygen atoms in total. The summed E-state index contributed by atoms with van der Waals surface area (Å²) >= 11 is 0. The lowest BCUT2D eigenvalue weighted by Crippen LogP contribution is -2.64. The first kappa shape index (κ1) is 20.2. The Bertz CT molecular complexity index is 614. The molecule has 2 fully saturated rings. The van der Waals surface area contributed by atoms with Gasteiger partial charge in [-0.1, -0.05) is 19.9 Å². The lowest BCUT2D eigenvalue weighted by atomic mass is 9.83. The minimum atomic E-state index is 0.200. The molecule has 27 heavy (non-hydrogen) atoms.